The number of amides is 1. The van der Waals surface area contributed by atoms with E-state index in [0.717, 1.165) is 23.4 Å². The van der Waals surface area contributed by atoms with Crippen molar-refractivity contribution in [2.75, 3.05) is 39.7 Å². The molecule has 2 aromatic rings. The third-order valence-electron chi connectivity index (χ3n) is 3.90. The van der Waals surface area contributed by atoms with Gasteiger partial charge in [-0.3, -0.25) is 4.79 Å². The van der Waals surface area contributed by atoms with E-state index in [1.165, 1.54) is 0 Å². The maximum atomic E-state index is 12.2. The molecule has 0 heterocycles. The molecule has 1 atom stereocenters. The normalized spacial score (nSPS) is 11.7. The molecule has 5 nitrogen and oxygen atoms in total. The van der Waals surface area contributed by atoms with Crippen LogP contribution in [-0.2, 0) is 11.2 Å². The molecule has 2 N–H and O–H groups in total. The molecule has 2 rings (SSSR count). The number of nitrogens with one attached hydrogen (secondary N) is 2. The maximum Gasteiger partial charge on any atom is 0.279 e. The molecule has 0 aliphatic carbocycles. The fourth-order valence-corrected chi connectivity index (χ4v) is 3.11. The lowest BCUT2D eigenvalue weighted by atomic mass is 10.1. The van der Waals surface area contributed by atoms with Crippen LogP contribution in [0.1, 0.15) is 5.56 Å². The van der Waals surface area contributed by atoms with Crippen molar-refractivity contribution >= 4 is 34.8 Å². The SMILES string of the molecule is COc1ccc(CC[NH+](C)CC(=O)Nc2cc(Cl)cc(Cl)c2)cc1OC. The highest BCUT2D eigenvalue weighted by Gasteiger charge is 2.12. The van der Waals surface area contributed by atoms with Crippen molar-refractivity contribution in [1.82, 2.24) is 0 Å². The molecule has 0 aliphatic rings. The predicted octanol–water partition coefficient (Wildman–Crippen LogP) is 2.71. The first kappa shape index (κ1) is 20.4. The molecule has 0 aliphatic heterocycles. The number of halogens is 2. The highest BCUT2D eigenvalue weighted by molar-refractivity contribution is 6.35. The first-order chi connectivity index (χ1) is 12.4. The Bertz CT molecular complexity index is 748. The molecule has 0 radical (unpaired) electrons. The smallest absolute Gasteiger partial charge is 0.279 e. The second kappa shape index (κ2) is 9.67. The van der Waals surface area contributed by atoms with Crippen LogP contribution in [0.4, 0.5) is 5.69 Å². The van der Waals surface area contributed by atoms with E-state index in [-0.39, 0.29) is 5.91 Å². The maximum absolute atomic E-state index is 12.2. The van der Waals surface area contributed by atoms with Crippen molar-refractivity contribution in [3.8, 4) is 11.5 Å². The molecule has 0 fully saturated rings. The lowest BCUT2D eigenvalue weighted by Crippen LogP contribution is -3.10. The van der Waals surface area contributed by atoms with E-state index in [9.17, 15) is 4.79 Å². The van der Waals surface area contributed by atoms with Crippen molar-refractivity contribution in [2.45, 2.75) is 6.42 Å². The second-order valence-electron chi connectivity index (χ2n) is 6.03. The fourth-order valence-electron chi connectivity index (χ4n) is 2.59. The summed E-state index contributed by atoms with van der Waals surface area (Å²) in [5.74, 6) is 1.32. The lowest BCUT2D eigenvalue weighted by molar-refractivity contribution is -0.870. The topological polar surface area (TPSA) is 52.0 Å². The number of methoxy groups -OCH3 is 2. The number of benzene rings is 2. The Kier molecular flexibility index (Phi) is 7.57. The summed E-state index contributed by atoms with van der Waals surface area (Å²) in [7, 11) is 5.21. The average molecular weight is 398 g/mol. The van der Waals surface area contributed by atoms with E-state index in [0.29, 0.717) is 33.8 Å². The summed E-state index contributed by atoms with van der Waals surface area (Å²) in [4.78, 5) is 13.3. The number of hydrogen-bond donors (Lipinski definition) is 2. The number of anilines is 1. The molecule has 140 valence electrons. The van der Waals surface area contributed by atoms with E-state index in [1.54, 1.807) is 32.4 Å². The Labute approximate surface area is 163 Å². The molecular formula is C19H23Cl2N2O3+. The first-order valence-corrected chi connectivity index (χ1v) is 8.95. The van der Waals surface area contributed by atoms with Gasteiger partial charge in [-0.15, -0.1) is 0 Å². The summed E-state index contributed by atoms with van der Waals surface area (Å²) < 4.78 is 10.6. The zero-order valence-corrected chi connectivity index (χ0v) is 16.6. The molecule has 1 unspecified atom stereocenters. The van der Waals surface area contributed by atoms with Crippen LogP contribution in [0.3, 0.4) is 0 Å². The minimum absolute atomic E-state index is 0.0897. The number of hydrogen-bond acceptors (Lipinski definition) is 3. The third-order valence-corrected chi connectivity index (χ3v) is 4.33. The largest absolute Gasteiger partial charge is 0.493 e. The van der Waals surface area contributed by atoms with Gasteiger partial charge in [0.25, 0.3) is 5.91 Å². The third kappa shape index (κ3) is 6.09. The highest BCUT2D eigenvalue weighted by Crippen LogP contribution is 2.27. The standard InChI is InChI=1S/C19H22Cl2N2O3/c1-23(7-6-13-4-5-17(25-2)18(8-13)26-3)12-19(24)22-16-10-14(20)9-15(21)11-16/h4-5,8-11H,6-7,12H2,1-3H3,(H,22,24)/p+1. The summed E-state index contributed by atoms with van der Waals surface area (Å²) in [5, 5.41) is 3.80. The van der Waals surface area contributed by atoms with Crippen LogP contribution >= 0.6 is 23.2 Å². The Hall–Kier alpha value is -1.95. The van der Waals surface area contributed by atoms with Crippen molar-refractivity contribution < 1.29 is 19.2 Å². The van der Waals surface area contributed by atoms with E-state index in [2.05, 4.69) is 5.32 Å². The monoisotopic (exact) mass is 397 g/mol. The van der Waals surface area contributed by atoms with Crippen LogP contribution in [0.2, 0.25) is 10.0 Å². The quantitative estimate of drug-likeness (QED) is 0.719. The van der Waals surface area contributed by atoms with E-state index in [4.69, 9.17) is 32.7 Å². The van der Waals surface area contributed by atoms with Gasteiger partial charge >= 0.3 is 0 Å². The predicted molar refractivity (Wildman–Crippen MR) is 105 cm³/mol. The van der Waals surface area contributed by atoms with Gasteiger partial charge < -0.3 is 19.7 Å². The molecular weight excluding hydrogens is 375 g/mol. The van der Waals surface area contributed by atoms with Crippen LogP contribution in [0, 0.1) is 0 Å². The fraction of sp³-hybridized carbons (Fsp3) is 0.316. The molecule has 0 bridgehead atoms. The lowest BCUT2D eigenvalue weighted by Gasteiger charge is -2.15. The molecule has 1 amide bonds. The summed E-state index contributed by atoms with van der Waals surface area (Å²) in [6, 6.07) is 10.8. The Morgan fingerprint density at radius 3 is 2.31 bits per heavy atom. The molecule has 0 saturated heterocycles. The highest BCUT2D eigenvalue weighted by atomic mass is 35.5. The van der Waals surface area contributed by atoms with Gasteiger partial charge in [0.1, 0.15) is 0 Å². The molecule has 0 aromatic heterocycles. The minimum Gasteiger partial charge on any atom is -0.493 e. The van der Waals surface area contributed by atoms with Gasteiger partial charge in [0.15, 0.2) is 18.0 Å². The van der Waals surface area contributed by atoms with Crippen molar-refractivity contribution in [1.29, 1.82) is 0 Å². The minimum atomic E-state index is -0.0897. The van der Waals surface area contributed by atoms with Gasteiger partial charge in [0.05, 0.1) is 27.8 Å². The first-order valence-electron chi connectivity index (χ1n) is 8.19. The van der Waals surface area contributed by atoms with E-state index < -0.39 is 0 Å². The summed E-state index contributed by atoms with van der Waals surface area (Å²) in [6.07, 6.45) is 0.822. The second-order valence-corrected chi connectivity index (χ2v) is 6.90. The van der Waals surface area contributed by atoms with Gasteiger partial charge in [-0.2, -0.15) is 0 Å². The zero-order chi connectivity index (χ0) is 19.1. The van der Waals surface area contributed by atoms with Crippen molar-refractivity contribution in [3.63, 3.8) is 0 Å². The summed E-state index contributed by atoms with van der Waals surface area (Å²) >= 11 is 11.9. The molecule has 26 heavy (non-hydrogen) atoms. The average Bonchev–Trinajstić information content (AvgIpc) is 2.58. The Balaban J connectivity index is 1.86. The van der Waals surface area contributed by atoms with Crippen LogP contribution in [0.15, 0.2) is 36.4 Å². The van der Waals surface area contributed by atoms with Gasteiger partial charge in [0, 0.05) is 22.2 Å². The number of ether oxygens (including phenoxy) is 2. The van der Waals surface area contributed by atoms with Crippen LogP contribution in [0.5, 0.6) is 11.5 Å². The number of rotatable bonds is 8. The van der Waals surface area contributed by atoms with Gasteiger partial charge in [-0.05, 0) is 35.9 Å². The summed E-state index contributed by atoms with van der Waals surface area (Å²) in [5.41, 5.74) is 1.73. The molecule has 7 heteroatoms. The van der Waals surface area contributed by atoms with Gasteiger partial charge in [-0.1, -0.05) is 29.3 Å². The Morgan fingerprint density at radius 1 is 1.04 bits per heavy atom. The van der Waals surface area contributed by atoms with E-state index >= 15 is 0 Å². The Morgan fingerprint density at radius 2 is 1.69 bits per heavy atom. The molecule has 0 saturated carbocycles. The number of quaternary nitrogens is 1. The van der Waals surface area contributed by atoms with Crippen LogP contribution in [-0.4, -0.2) is 40.3 Å². The number of likely N-dealkylation sites (N-methyl/N-ethyl adjacent to an activating group) is 1. The number of carbonyl (C=O) groups is 1. The molecule has 0 spiro atoms. The number of carbonyl (C=O) groups excluding carboxylic acids is 1. The summed E-state index contributed by atoms with van der Waals surface area (Å²) in [6.45, 7) is 1.15. The van der Waals surface area contributed by atoms with Crippen LogP contribution in [0.25, 0.3) is 0 Å². The van der Waals surface area contributed by atoms with Gasteiger partial charge in [-0.25, -0.2) is 0 Å². The van der Waals surface area contributed by atoms with Crippen molar-refractivity contribution in [2.24, 2.45) is 0 Å². The van der Waals surface area contributed by atoms with Crippen LogP contribution < -0.4 is 19.7 Å². The van der Waals surface area contributed by atoms with E-state index in [1.807, 2.05) is 25.2 Å². The molecule has 2 aromatic carbocycles. The van der Waals surface area contributed by atoms with Crippen molar-refractivity contribution in [3.05, 3.63) is 52.0 Å². The zero-order valence-electron chi connectivity index (χ0n) is 15.1. The van der Waals surface area contributed by atoms with Gasteiger partial charge in [0.2, 0.25) is 0 Å².